The van der Waals surface area contributed by atoms with Gasteiger partial charge in [-0.1, -0.05) is 17.7 Å². The van der Waals surface area contributed by atoms with Gasteiger partial charge in [0.05, 0.1) is 10.7 Å². The van der Waals surface area contributed by atoms with Gasteiger partial charge in [-0.15, -0.1) is 0 Å². The Balaban J connectivity index is 0.000000172. The normalized spacial score (nSPS) is 9.77. The summed E-state index contributed by atoms with van der Waals surface area (Å²) in [6, 6.07) is 9.06. The van der Waals surface area contributed by atoms with E-state index < -0.39 is 0 Å². The quantitative estimate of drug-likeness (QED) is 0.732. The van der Waals surface area contributed by atoms with Crippen LogP contribution in [-0.4, -0.2) is 25.9 Å². The SMILES string of the molecule is CC(=O)c1ccccn1.Cc1[nH]nc(-c2cccnc2)c1Cl. The molecule has 0 saturated heterocycles. The van der Waals surface area contributed by atoms with Crippen LogP contribution in [0.5, 0.6) is 0 Å². The third-order valence-corrected chi connectivity index (χ3v) is 3.30. The van der Waals surface area contributed by atoms with E-state index in [1.54, 1.807) is 36.8 Å². The second-order valence-electron chi connectivity index (χ2n) is 4.52. The first-order valence-electron chi connectivity index (χ1n) is 6.62. The molecule has 3 heterocycles. The van der Waals surface area contributed by atoms with Gasteiger partial charge < -0.3 is 0 Å². The summed E-state index contributed by atoms with van der Waals surface area (Å²) in [5.41, 5.74) is 3.09. The lowest BCUT2D eigenvalue weighted by Gasteiger charge is -1.94. The Kier molecular flexibility index (Phi) is 5.38. The number of aromatic nitrogens is 4. The molecule has 0 fully saturated rings. The topological polar surface area (TPSA) is 71.5 Å². The molecule has 0 amide bonds. The Morgan fingerprint density at radius 2 is 2.00 bits per heavy atom. The maximum atomic E-state index is 10.6. The lowest BCUT2D eigenvalue weighted by molar-refractivity contribution is 0.101. The number of pyridine rings is 2. The number of aryl methyl sites for hydroxylation is 1. The number of halogens is 1. The van der Waals surface area contributed by atoms with Crippen LogP contribution in [0.3, 0.4) is 0 Å². The summed E-state index contributed by atoms with van der Waals surface area (Å²) in [6.45, 7) is 3.39. The highest BCUT2D eigenvalue weighted by molar-refractivity contribution is 6.33. The predicted molar refractivity (Wildman–Crippen MR) is 85.8 cm³/mol. The number of hydrogen-bond acceptors (Lipinski definition) is 4. The van der Waals surface area contributed by atoms with Gasteiger partial charge in [0.25, 0.3) is 0 Å². The van der Waals surface area contributed by atoms with Gasteiger partial charge in [-0.3, -0.25) is 19.9 Å². The Labute approximate surface area is 133 Å². The van der Waals surface area contributed by atoms with Gasteiger partial charge in [0.1, 0.15) is 11.4 Å². The van der Waals surface area contributed by atoms with Crippen molar-refractivity contribution in [3.8, 4) is 11.3 Å². The minimum Gasteiger partial charge on any atom is -0.293 e. The summed E-state index contributed by atoms with van der Waals surface area (Å²) in [5.74, 6) is 0.00981. The highest BCUT2D eigenvalue weighted by Crippen LogP contribution is 2.26. The number of aromatic amines is 1. The van der Waals surface area contributed by atoms with Crippen LogP contribution in [0.2, 0.25) is 5.02 Å². The third kappa shape index (κ3) is 3.99. The molecule has 0 bridgehead atoms. The monoisotopic (exact) mass is 314 g/mol. The standard InChI is InChI=1S/C9H8ClN3.C7H7NO/c1-6-8(10)9(13-12-6)7-3-2-4-11-5-7;1-6(9)7-4-2-3-5-8-7/h2-5H,1H3,(H,12,13);2-5H,1H3. The van der Waals surface area contributed by atoms with E-state index in [0.29, 0.717) is 10.7 Å². The molecule has 6 heteroatoms. The van der Waals surface area contributed by atoms with Crippen LogP contribution in [-0.2, 0) is 0 Å². The van der Waals surface area contributed by atoms with Crippen LogP contribution in [0.1, 0.15) is 23.1 Å². The van der Waals surface area contributed by atoms with Gasteiger partial charge in [0, 0.05) is 31.1 Å². The van der Waals surface area contributed by atoms with Crippen LogP contribution in [0, 0.1) is 6.92 Å². The molecular formula is C16H15ClN4O. The Morgan fingerprint density at radius 3 is 2.45 bits per heavy atom. The third-order valence-electron chi connectivity index (χ3n) is 2.83. The first-order chi connectivity index (χ1) is 10.6. The predicted octanol–water partition coefficient (Wildman–Crippen LogP) is 3.72. The lowest BCUT2D eigenvalue weighted by atomic mass is 10.2. The van der Waals surface area contributed by atoms with Crippen LogP contribution in [0.15, 0.2) is 48.9 Å². The highest BCUT2D eigenvalue weighted by atomic mass is 35.5. The summed E-state index contributed by atoms with van der Waals surface area (Å²) in [6.07, 6.45) is 5.06. The zero-order chi connectivity index (χ0) is 15.9. The van der Waals surface area contributed by atoms with Crippen molar-refractivity contribution in [1.29, 1.82) is 0 Å². The number of carbonyl (C=O) groups is 1. The molecule has 3 rings (SSSR count). The summed E-state index contributed by atoms with van der Waals surface area (Å²) in [5, 5.41) is 7.57. The Bertz CT molecular complexity index is 741. The van der Waals surface area contributed by atoms with Crippen LogP contribution in [0.4, 0.5) is 0 Å². The highest BCUT2D eigenvalue weighted by Gasteiger charge is 2.08. The molecule has 0 aliphatic rings. The smallest absolute Gasteiger partial charge is 0.178 e. The largest absolute Gasteiger partial charge is 0.293 e. The van der Waals surface area contributed by atoms with Crippen molar-refractivity contribution in [3.63, 3.8) is 0 Å². The van der Waals surface area contributed by atoms with E-state index in [9.17, 15) is 4.79 Å². The van der Waals surface area contributed by atoms with Crippen LogP contribution < -0.4 is 0 Å². The summed E-state index contributed by atoms with van der Waals surface area (Å²) in [4.78, 5) is 18.4. The summed E-state index contributed by atoms with van der Waals surface area (Å²) in [7, 11) is 0. The molecule has 0 atom stereocenters. The summed E-state index contributed by atoms with van der Waals surface area (Å²) < 4.78 is 0. The Morgan fingerprint density at radius 1 is 1.18 bits per heavy atom. The molecule has 3 aromatic heterocycles. The molecule has 0 spiro atoms. The molecule has 0 aliphatic heterocycles. The first-order valence-corrected chi connectivity index (χ1v) is 7.00. The lowest BCUT2D eigenvalue weighted by Crippen LogP contribution is -1.93. The van der Waals surface area contributed by atoms with Crippen molar-refractivity contribution < 1.29 is 4.79 Å². The van der Waals surface area contributed by atoms with Gasteiger partial charge in [-0.25, -0.2) is 0 Å². The molecule has 5 nitrogen and oxygen atoms in total. The number of Topliss-reactive ketones (excluding diaryl/α,β-unsaturated/α-hetero) is 1. The molecule has 0 aliphatic carbocycles. The number of H-pyrrole nitrogens is 1. The second kappa shape index (κ2) is 7.47. The van der Waals surface area contributed by atoms with Crippen molar-refractivity contribution in [1.82, 2.24) is 20.2 Å². The zero-order valence-corrected chi connectivity index (χ0v) is 13.0. The fourth-order valence-corrected chi connectivity index (χ4v) is 1.87. The number of carbonyl (C=O) groups excluding carboxylic acids is 1. The fourth-order valence-electron chi connectivity index (χ4n) is 1.68. The van der Waals surface area contributed by atoms with Crippen LogP contribution in [0.25, 0.3) is 11.3 Å². The summed E-state index contributed by atoms with van der Waals surface area (Å²) >= 11 is 6.02. The first kappa shape index (κ1) is 15.9. The Hall–Kier alpha value is -2.53. The van der Waals surface area contributed by atoms with Crippen molar-refractivity contribution >= 4 is 17.4 Å². The molecular weight excluding hydrogens is 300 g/mol. The average Bonchev–Trinajstić information content (AvgIpc) is 2.89. The molecule has 22 heavy (non-hydrogen) atoms. The molecule has 3 aromatic rings. The van der Waals surface area contributed by atoms with Crippen LogP contribution >= 0.6 is 11.6 Å². The average molecular weight is 315 g/mol. The molecule has 112 valence electrons. The van der Waals surface area contributed by atoms with Gasteiger partial charge in [0.15, 0.2) is 5.78 Å². The molecule has 0 radical (unpaired) electrons. The number of nitrogens with zero attached hydrogens (tertiary/aromatic N) is 3. The number of ketones is 1. The second-order valence-corrected chi connectivity index (χ2v) is 4.90. The van der Waals surface area contributed by atoms with Crippen molar-refractivity contribution in [2.75, 3.05) is 0 Å². The minimum atomic E-state index is 0.00981. The molecule has 0 saturated carbocycles. The molecule has 0 aromatic carbocycles. The van der Waals surface area contributed by atoms with E-state index in [4.69, 9.17) is 11.6 Å². The van der Waals surface area contributed by atoms with Gasteiger partial charge in [-0.05, 0) is 31.2 Å². The maximum Gasteiger partial charge on any atom is 0.178 e. The van der Waals surface area contributed by atoms with E-state index in [0.717, 1.165) is 17.0 Å². The minimum absolute atomic E-state index is 0.00981. The fraction of sp³-hybridized carbons (Fsp3) is 0.125. The number of nitrogens with one attached hydrogen (secondary N) is 1. The van der Waals surface area contributed by atoms with Gasteiger partial charge in [0.2, 0.25) is 0 Å². The number of rotatable bonds is 2. The molecule has 0 unspecified atom stereocenters. The maximum absolute atomic E-state index is 10.6. The van der Waals surface area contributed by atoms with E-state index >= 15 is 0 Å². The zero-order valence-electron chi connectivity index (χ0n) is 12.2. The van der Waals surface area contributed by atoms with E-state index in [2.05, 4.69) is 20.2 Å². The van der Waals surface area contributed by atoms with Gasteiger partial charge in [-0.2, -0.15) is 5.10 Å². The van der Waals surface area contributed by atoms with E-state index in [1.165, 1.54) is 6.92 Å². The van der Waals surface area contributed by atoms with E-state index in [-0.39, 0.29) is 5.78 Å². The van der Waals surface area contributed by atoms with E-state index in [1.807, 2.05) is 19.1 Å². The molecule has 1 N–H and O–H groups in total. The van der Waals surface area contributed by atoms with Crippen molar-refractivity contribution in [2.45, 2.75) is 13.8 Å². The number of hydrogen-bond donors (Lipinski definition) is 1. The van der Waals surface area contributed by atoms with Gasteiger partial charge >= 0.3 is 0 Å². The van der Waals surface area contributed by atoms with Crippen molar-refractivity contribution in [3.05, 3.63) is 65.3 Å². The van der Waals surface area contributed by atoms with Crippen molar-refractivity contribution in [2.24, 2.45) is 0 Å².